The van der Waals surface area contributed by atoms with E-state index in [4.69, 9.17) is 36.3 Å². The Morgan fingerprint density at radius 2 is 1.71 bits per heavy atom. The molecule has 9 unspecified atom stereocenters. The Balaban J connectivity index is 1.82. The molecule has 1 saturated heterocycles. The largest absolute Gasteiger partial charge is 0.508 e. The summed E-state index contributed by atoms with van der Waals surface area (Å²) in [6.07, 6.45) is -4.27. The lowest BCUT2D eigenvalue weighted by Gasteiger charge is -2.58. The number of carbonyl (C=O) groups excluding carboxylic acids is 3. The minimum Gasteiger partial charge on any atom is -0.508 e. The van der Waals surface area contributed by atoms with E-state index in [0.717, 1.165) is 11.0 Å². The van der Waals surface area contributed by atoms with Gasteiger partial charge >= 0.3 is 0 Å². The molecule has 0 aromatic heterocycles. The third-order valence-corrected chi connectivity index (χ3v) is 10.9. The summed E-state index contributed by atoms with van der Waals surface area (Å²) in [5, 5.41) is 79.0. The summed E-state index contributed by atoms with van der Waals surface area (Å²) in [7, 11) is 5.24. The van der Waals surface area contributed by atoms with Crippen molar-refractivity contribution in [1.82, 2.24) is 10.1 Å². The number of phenolic OH excluding ortho intramolecular Hbond substituents is 1. The molecule has 1 aromatic rings. The molecule has 1 amide bonds. The highest BCUT2D eigenvalue weighted by molar-refractivity contribution is 6.33. The average Bonchev–Trinajstić information content (AvgIpc) is 2.98. The minimum atomic E-state index is -3.42. The zero-order chi connectivity index (χ0) is 36.9. The fourth-order valence-electron chi connectivity index (χ4n) is 8.25. The highest BCUT2D eigenvalue weighted by atomic mass is 35.5. The van der Waals surface area contributed by atoms with Gasteiger partial charge in [0.15, 0.2) is 17.8 Å². The second-order valence-corrected chi connectivity index (χ2v) is 13.8. The molecule has 1 saturated carbocycles. The van der Waals surface area contributed by atoms with Gasteiger partial charge in [0.05, 0.1) is 23.8 Å². The number of Topliss-reactive ketones (excluding diaryl/α,β-unsaturated/α-hetero) is 2. The molecule has 17 nitrogen and oxygen atoms in total. The van der Waals surface area contributed by atoms with Crippen molar-refractivity contribution in [2.75, 3.05) is 28.3 Å². The summed E-state index contributed by atoms with van der Waals surface area (Å²) >= 11 is 6.84. The monoisotopic (exact) mass is 713 g/mol. The van der Waals surface area contributed by atoms with Gasteiger partial charge in [-0.15, -0.1) is 0 Å². The molecular weight excluding hydrogens is 674 g/mol. The normalized spacial score (nSPS) is 37.7. The van der Waals surface area contributed by atoms with Crippen LogP contribution in [0.3, 0.4) is 0 Å². The molecule has 1 heterocycles. The van der Waals surface area contributed by atoms with E-state index in [1.54, 1.807) is 6.92 Å². The molecule has 1 aromatic carbocycles. The lowest BCUT2D eigenvalue weighted by atomic mass is 9.52. The van der Waals surface area contributed by atoms with Crippen LogP contribution >= 0.6 is 11.6 Å². The number of primary amides is 1. The number of halogens is 1. The number of hydroxylamine groups is 2. The maximum atomic E-state index is 14.6. The van der Waals surface area contributed by atoms with E-state index in [0.29, 0.717) is 0 Å². The first kappa shape index (κ1) is 36.9. The number of methoxy groups -OCH3 is 2. The quantitative estimate of drug-likeness (QED) is 0.141. The Kier molecular flexibility index (Phi) is 8.94. The Morgan fingerprint density at radius 3 is 2.22 bits per heavy atom. The van der Waals surface area contributed by atoms with Crippen molar-refractivity contribution >= 4 is 34.8 Å². The zero-order valence-corrected chi connectivity index (χ0v) is 28.5. The number of benzene rings is 1. The molecule has 270 valence electrons. The van der Waals surface area contributed by atoms with E-state index in [9.17, 15) is 50.3 Å². The van der Waals surface area contributed by atoms with Gasteiger partial charge in [0.2, 0.25) is 11.4 Å². The number of likely N-dealkylation sites (N-methyl/N-ethyl adjacent to an activating group) is 1. The number of rotatable bonds is 7. The molecule has 18 heteroatoms. The highest BCUT2D eigenvalue weighted by Gasteiger charge is 2.74. The number of ketones is 2. The van der Waals surface area contributed by atoms with Crippen LogP contribution in [0.1, 0.15) is 44.7 Å². The number of nitrogens with two attached hydrogens (primary N) is 1. The summed E-state index contributed by atoms with van der Waals surface area (Å²) in [5.41, 5.74) is -6.95. The second-order valence-electron chi connectivity index (χ2n) is 13.5. The van der Waals surface area contributed by atoms with Gasteiger partial charge in [-0.1, -0.05) is 16.8 Å². The number of phenols is 1. The molecular formula is C31H40ClN3O14. The van der Waals surface area contributed by atoms with Crippen molar-refractivity contribution in [2.24, 2.45) is 11.7 Å². The lowest BCUT2D eigenvalue weighted by molar-refractivity contribution is -0.410. The molecule has 2 fully saturated rings. The predicted molar refractivity (Wildman–Crippen MR) is 166 cm³/mol. The Labute approximate surface area is 285 Å². The number of carbonyl (C=O) groups is 3. The number of nitrogens with zero attached hydrogens (tertiary/aromatic N) is 2. The van der Waals surface area contributed by atoms with Crippen molar-refractivity contribution in [1.29, 1.82) is 0 Å². The van der Waals surface area contributed by atoms with Crippen LogP contribution in [-0.2, 0) is 34.2 Å². The summed E-state index contributed by atoms with van der Waals surface area (Å²) in [4.78, 5) is 41.8. The van der Waals surface area contributed by atoms with Crippen molar-refractivity contribution in [3.05, 3.63) is 39.1 Å². The lowest BCUT2D eigenvalue weighted by Crippen LogP contribution is -2.77. The first-order valence-corrected chi connectivity index (χ1v) is 15.5. The summed E-state index contributed by atoms with van der Waals surface area (Å²) < 4.78 is 23.5. The maximum Gasteiger partial charge on any atom is 0.255 e. The van der Waals surface area contributed by atoms with Crippen molar-refractivity contribution < 1.29 is 69.3 Å². The van der Waals surface area contributed by atoms with Crippen LogP contribution in [0.25, 0.3) is 5.76 Å². The zero-order valence-electron chi connectivity index (χ0n) is 27.7. The fourth-order valence-corrected chi connectivity index (χ4v) is 8.67. The molecule has 3 aliphatic carbocycles. The molecule has 0 bridgehead atoms. The van der Waals surface area contributed by atoms with Gasteiger partial charge in [-0.05, 0) is 41.3 Å². The molecule has 1 aliphatic heterocycles. The molecule has 9 atom stereocenters. The van der Waals surface area contributed by atoms with Crippen LogP contribution in [0.5, 0.6) is 11.5 Å². The van der Waals surface area contributed by atoms with E-state index < -0.39 is 111 Å². The van der Waals surface area contributed by atoms with Crippen LogP contribution in [0, 0.1) is 5.92 Å². The number of aromatic hydroxyl groups is 1. The van der Waals surface area contributed by atoms with E-state index in [1.807, 2.05) is 0 Å². The topological polar surface area (TPSA) is 262 Å². The number of amides is 1. The standard InChI is InChI=1S/C31H40ClN3O14/c1-11-26(47-7)28(2,35(44)45)10-15(48-11)49-29(3)12-9-30(42)23(34(4)5)22(38)18(27(33)41)25(40)31(30,43)24(39)16(12)21(37)17-13(36)8-14(46-6)20(32)19(17)29/h8,11-12,15,23,26,36-37,40,42-45H,9-10H2,1-7H3,(H2,33,41). The SMILES string of the molecule is COc1cc(O)c2c(c1Cl)C(C)(OC1CC(C)(N(O)O)C(OC)C(C)O1)C1CC3(O)C(N(C)C)C(=O)C(C(N)=O)=C(O)C3(O)C(=O)C1=C2O. The van der Waals surface area contributed by atoms with Crippen LogP contribution in [0.2, 0.25) is 5.02 Å². The van der Waals surface area contributed by atoms with Gasteiger partial charge in [0.1, 0.15) is 51.7 Å². The van der Waals surface area contributed by atoms with Gasteiger partial charge in [0.25, 0.3) is 5.91 Å². The van der Waals surface area contributed by atoms with Gasteiger partial charge < -0.3 is 50.2 Å². The summed E-state index contributed by atoms with van der Waals surface area (Å²) in [5.74, 6) is -8.96. The number of aliphatic hydroxyl groups excluding tert-OH is 2. The summed E-state index contributed by atoms with van der Waals surface area (Å²) in [6.45, 7) is 4.42. The number of aliphatic hydroxyl groups is 4. The van der Waals surface area contributed by atoms with Crippen molar-refractivity contribution in [2.45, 2.75) is 80.5 Å². The van der Waals surface area contributed by atoms with Crippen LogP contribution in [0.4, 0.5) is 0 Å². The smallest absolute Gasteiger partial charge is 0.255 e. The molecule has 5 rings (SSSR count). The number of hydrogen-bond acceptors (Lipinski definition) is 16. The van der Waals surface area contributed by atoms with Crippen LogP contribution in [0.15, 0.2) is 23.0 Å². The Morgan fingerprint density at radius 1 is 1.10 bits per heavy atom. The maximum absolute atomic E-state index is 14.6. The van der Waals surface area contributed by atoms with E-state index in [2.05, 4.69) is 0 Å². The number of hydrogen-bond donors (Lipinski definition) is 8. The third kappa shape index (κ3) is 4.76. The van der Waals surface area contributed by atoms with Gasteiger partial charge in [-0.2, -0.15) is 0 Å². The first-order chi connectivity index (χ1) is 22.6. The third-order valence-electron chi connectivity index (χ3n) is 10.5. The average molecular weight is 714 g/mol. The summed E-state index contributed by atoms with van der Waals surface area (Å²) in [6, 6.07) is -0.812. The van der Waals surface area contributed by atoms with Crippen molar-refractivity contribution in [3.8, 4) is 11.5 Å². The van der Waals surface area contributed by atoms with Gasteiger partial charge in [-0.25, -0.2) is 0 Å². The van der Waals surface area contributed by atoms with Crippen molar-refractivity contribution in [3.63, 3.8) is 0 Å². The highest BCUT2D eigenvalue weighted by Crippen LogP contribution is 2.62. The van der Waals surface area contributed by atoms with Gasteiger partial charge in [-0.3, -0.25) is 29.7 Å². The minimum absolute atomic E-state index is 0.0413. The van der Waals surface area contributed by atoms with Crippen LogP contribution < -0.4 is 10.5 Å². The molecule has 49 heavy (non-hydrogen) atoms. The van der Waals surface area contributed by atoms with E-state index >= 15 is 0 Å². The number of fused-ring (bicyclic) bond motifs is 3. The fraction of sp³-hybridized carbons (Fsp3) is 0.581. The van der Waals surface area contributed by atoms with E-state index in [-0.39, 0.29) is 28.0 Å². The predicted octanol–water partition coefficient (Wildman–Crippen LogP) is 0.419. The Bertz CT molecular complexity index is 1700. The second kappa shape index (κ2) is 11.9. The molecule has 4 aliphatic rings. The van der Waals surface area contributed by atoms with Gasteiger partial charge in [0, 0.05) is 36.7 Å². The Hall–Kier alpha value is -3.36. The van der Waals surface area contributed by atoms with Crippen LogP contribution in [-0.4, -0.2) is 133 Å². The van der Waals surface area contributed by atoms with E-state index in [1.165, 1.54) is 42.2 Å². The molecule has 9 N–H and O–H groups in total. The number of ether oxygens (including phenoxy) is 4. The molecule has 0 spiro atoms. The first-order valence-electron chi connectivity index (χ1n) is 15.1. The molecule has 0 radical (unpaired) electrons.